The van der Waals surface area contributed by atoms with Crippen molar-refractivity contribution in [1.29, 1.82) is 0 Å². The van der Waals surface area contributed by atoms with Crippen LogP contribution in [0.5, 0.6) is 0 Å². The van der Waals surface area contributed by atoms with E-state index in [9.17, 15) is 9.90 Å². The predicted molar refractivity (Wildman–Crippen MR) is 60.5 cm³/mol. The molecule has 0 aromatic heterocycles. The van der Waals surface area contributed by atoms with Gasteiger partial charge in [-0.05, 0) is 20.3 Å². The Morgan fingerprint density at radius 3 is 2.13 bits per heavy atom. The Hall–Kier alpha value is -0.570. The van der Waals surface area contributed by atoms with Crippen molar-refractivity contribution in [1.82, 2.24) is 0 Å². The molecule has 1 unspecified atom stereocenters. The molecule has 0 heterocycles. The summed E-state index contributed by atoms with van der Waals surface area (Å²) in [6.45, 7) is 11.3. The lowest BCUT2D eigenvalue weighted by Crippen LogP contribution is -2.43. The smallest absolute Gasteiger partial charge is 0.308 e. The van der Waals surface area contributed by atoms with Crippen molar-refractivity contribution in [3.8, 4) is 0 Å². The lowest BCUT2D eigenvalue weighted by Gasteiger charge is -2.36. The topological polar surface area (TPSA) is 46.5 Å². The number of rotatable bonds is 5. The van der Waals surface area contributed by atoms with Crippen LogP contribution in [0.3, 0.4) is 0 Å². The van der Waals surface area contributed by atoms with Crippen LogP contribution in [0.1, 0.15) is 48.0 Å². The minimum absolute atomic E-state index is 0.0670. The van der Waals surface area contributed by atoms with Gasteiger partial charge in [-0.1, -0.05) is 27.7 Å². The van der Waals surface area contributed by atoms with Gasteiger partial charge in [-0.25, -0.2) is 0 Å². The monoisotopic (exact) mass is 216 g/mol. The highest BCUT2D eigenvalue weighted by Gasteiger charge is 2.36. The summed E-state index contributed by atoms with van der Waals surface area (Å²) < 4.78 is 5.19. The standard InChI is InChI=1S/C12H24O3/c1-7-9(2)10(13)15-8-11(3,4)12(5,6)14/h9,14H,7-8H2,1-6H3. The highest BCUT2D eigenvalue weighted by atomic mass is 16.5. The number of carbonyl (C=O) groups excluding carboxylic acids is 1. The van der Waals surface area contributed by atoms with Gasteiger partial charge in [0.25, 0.3) is 0 Å². The van der Waals surface area contributed by atoms with E-state index in [4.69, 9.17) is 4.74 Å². The third kappa shape index (κ3) is 4.20. The van der Waals surface area contributed by atoms with E-state index in [0.717, 1.165) is 6.42 Å². The van der Waals surface area contributed by atoms with E-state index in [1.165, 1.54) is 0 Å². The maximum atomic E-state index is 11.4. The Balaban J connectivity index is 4.22. The number of aliphatic hydroxyl groups is 1. The third-order valence-electron chi connectivity index (χ3n) is 3.25. The molecule has 1 atom stereocenters. The van der Waals surface area contributed by atoms with Crippen molar-refractivity contribution in [3.05, 3.63) is 0 Å². The molecular formula is C12H24O3. The summed E-state index contributed by atoms with van der Waals surface area (Å²) in [5, 5.41) is 9.86. The molecule has 0 saturated carbocycles. The van der Waals surface area contributed by atoms with Crippen LogP contribution in [0.4, 0.5) is 0 Å². The van der Waals surface area contributed by atoms with E-state index in [2.05, 4.69) is 0 Å². The highest BCUT2D eigenvalue weighted by molar-refractivity contribution is 5.71. The molecule has 3 heteroatoms. The normalized spacial score (nSPS) is 14.9. The molecular weight excluding hydrogens is 192 g/mol. The summed E-state index contributed by atoms with van der Waals surface area (Å²) in [6, 6.07) is 0. The molecule has 0 rings (SSSR count). The quantitative estimate of drug-likeness (QED) is 0.718. The Morgan fingerprint density at radius 2 is 1.80 bits per heavy atom. The molecule has 0 fully saturated rings. The van der Waals surface area contributed by atoms with Gasteiger partial charge in [0.15, 0.2) is 0 Å². The van der Waals surface area contributed by atoms with E-state index >= 15 is 0 Å². The lowest BCUT2D eigenvalue weighted by atomic mass is 9.78. The second-order valence-corrected chi connectivity index (χ2v) is 5.36. The Bertz CT molecular complexity index is 213. The summed E-state index contributed by atoms with van der Waals surface area (Å²) in [4.78, 5) is 11.4. The Morgan fingerprint density at radius 1 is 1.33 bits per heavy atom. The number of esters is 1. The molecule has 0 aliphatic carbocycles. The number of ether oxygens (including phenoxy) is 1. The average Bonchev–Trinajstić information content (AvgIpc) is 2.11. The van der Waals surface area contributed by atoms with Gasteiger partial charge >= 0.3 is 5.97 Å². The zero-order valence-electron chi connectivity index (χ0n) is 10.8. The molecule has 15 heavy (non-hydrogen) atoms. The zero-order valence-corrected chi connectivity index (χ0v) is 10.8. The molecule has 0 aromatic rings. The van der Waals surface area contributed by atoms with Gasteiger partial charge < -0.3 is 9.84 Å². The van der Waals surface area contributed by atoms with Crippen LogP contribution in [0, 0.1) is 11.3 Å². The molecule has 0 radical (unpaired) electrons. The number of hydrogen-bond acceptors (Lipinski definition) is 3. The number of carbonyl (C=O) groups is 1. The van der Waals surface area contributed by atoms with Crippen molar-refractivity contribution in [2.24, 2.45) is 11.3 Å². The molecule has 0 aliphatic heterocycles. The summed E-state index contributed by atoms with van der Waals surface area (Å²) in [7, 11) is 0. The van der Waals surface area contributed by atoms with Gasteiger partial charge in [-0.2, -0.15) is 0 Å². The van der Waals surface area contributed by atoms with Crippen molar-refractivity contribution < 1.29 is 14.6 Å². The maximum Gasteiger partial charge on any atom is 0.308 e. The molecule has 0 aromatic carbocycles. The van der Waals surface area contributed by atoms with Crippen LogP contribution in [-0.2, 0) is 9.53 Å². The van der Waals surface area contributed by atoms with Gasteiger partial charge in [-0.3, -0.25) is 4.79 Å². The molecule has 0 spiro atoms. The predicted octanol–water partition coefficient (Wildman–Crippen LogP) is 2.37. The fourth-order valence-corrected chi connectivity index (χ4v) is 0.737. The van der Waals surface area contributed by atoms with Gasteiger partial charge in [0.05, 0.1) is 18.1 Å². The van der Waals surface area contributed by atoms with Crippen LogP contribution in [0.25, 0.3) is 0 Å². The molecule has 3 nitrogen and oxygen atoms in total. The highest BCUT2D eigenvalue weighted by Crippen LogP contribution is 2.30. The van der Waals surface area contributed by atoms with Crippen LogP contribution < -0.4 is 0 Å². The first-order valence-electron chi connectivity index (χ1n) is 5.51. The van der Waals surface area contributed by atoms with Crippen LogP contribution in [-0.4, -0.2) is 23.3 Å². The van der Waals surface area contributed by atoms with E-state index in [1.54, 1.807) is 13.8 Å². The van der Waals surface area contributed by atoms with Crippen LogP contribution >= 0.6 is 0 Å². The molecule has 0 amide bonds. The van der Waals surface area contributed by atoms with Crippen molar-refractivity contribution >= 4 is 5.97 Å². The van der Waals surface area contributed by atoms with Crippen molar-refractivity contribution in [2.45, 2.75) is 53.6 Å². The fraction of sp³-hybridized carbons (Fsp3) is 0.917. The number of hydrogen-bond donors (Lipinski definition) is 1. The molecule has 0 aliphatic rings. The largest absolute Gasteiger partial charge is 0.465 e. The van der Waals surface area contributed by atoms with Crippen molar-refractivity contribution in [2.75, 3.05) is 6.61 Å². The SMILES string of the molecule is CCC(C)C(=O)OCC(C)(C)C(C)(C)O. The first-order chi connectivity index (χ1) is 6.62. The van der Waals surface area contributed by atoms with E-state index in [0.29, 0.717) is 0 Å². The first kappa shape index (κ1) is 14.4. The first-order valence-corrected chi connectivity index (χ1v) is 5.51. The fourth-order valence-electron chi connectivity index (χ4n) is 0.737. The second-order valence-electron chi connectivity index (χ2n) is 5.36. The third-order valence-corrected chi connectivity index (χ3v) is 3.25. The van der Waals surface area contributed by atoms with E-state index < -0.39 is 11.0 Å². The minimum Gasteiger partial charge on any atom is -0.465 e. The van der Waals surface area contributed by atoms with Gasteiger partial charge in [0.2, 0.25) is 0 Å². The summed E-state index contributed by atoms with van der Waals surface area (Å²) in [5.74, 6) is -0.252. The Kier molecular flexibility index (Phi) is 4.78. The summed E-state index contributed by atoms with van der Waals surface area (Å²) >= 11 is 0. The lowest BCUT2D eigenvalue weighted by molar-refractivity contribution is -0.157. The van der Waals surface area contributed by atoms with E-state index in [-0.39, 0.29) is 18.5 Å². The molecule has 90 valence electrons. The van der Waals surface area contributed by atoms with Crippen molar-refractivity contribution in [3.63, 3.8) is 0 Å². The summed E-state index contributed by atoms with van der Waals surface area (Å²) in [5.41, 5.74) is -1.29. The van der Waals surface area contributed by atoms with Gasteiger partial charge in [-0.15, -0.1) is 0 Å². The molecule has 0 saturated heterocycles. The average molecular weight is 216 g/mol. The van der Waals surface area contributed by atoms with Crippen LogP contribution in [0.2, 0.25) is 0 Å². The minimum atomic E-state index is -0.858. The van der Waals surface area contributed by atoms with Crippen LogP contribution in [0.15, 0.2) is 0 Å². The summed E-state index contributed by atoms with van der Waals surface area (Å²) in [6.07, 6.45) is 0.780. The van der Waals surface area contributed by atoms with Gasteiger partial charge in [0.1, 0.15) is 0 Å². The zero-order chi connectivity index (χ0) is 12.3. The molecule has 0 bridgehead atoms. The second kappa shape index (κ2) is 4.97. The Labute approximate surface area is 92.8 Å². The molecule has 1 N–H and O–H groups in total. The van der Waals surface area contributed by atoms with E-state index in [1.807, 2.05) is 27.7 Å². The maximum absolute atomic E-state index is 11.4. The van der Waals surface area contributed by atoms with Gasteiger partial charge in [0, 0.05) is 5.41 Å².